The Hall–Kier alpha value is -1.32. The van der Waals surface area contributed by atoms with Crippen LogP contribution in [0.1, 0.15) is 52.4 Å². The second kappa shape index (κ2) is 6.84. The summed E-state index contributed by atoms with van der Waals surface area (Å²) in [7, 11) is 1.40. The Morgan fingerprint density at radius 3 is 2.59 bits per heavy atom. The zero-order chi connectivity index (χ0) is 16.3. The van der Waals surface area contributed by atoms with E-state index >= 15 is 0 Å². The zero-order valence-electron chi connectivity index (χ0n) is 13.9. The molecule has 0 unspecified atom stereocenters. The molecule has 3 aliphatic carbocycles. The fraction of sp³-hybridized carbons (Fsp3) is 0.778. The molecule has 4 heteroatoms. The highest BCUT2D eigenvalue weighted by molar-refractivity contribution is 5.71. The number of hydrogen-bond donors (Lipinski definition) is 1. The monoisotopic (exact) mass is 308 g/mol. The molecule has 0 aromatic heterocycles. The Kier molecular flexibility index (Phi) is 5.30. The maximum Gasteiger partial charge on any atom is 0.307 e. The van der Waals surface area contributed by atoms with Crippen LogP contribution in [0.3, 0.4) is 0 Å². The van der Waals surface area contributed by atoms with Crippen molar-refractivity contribution in [3.8, 4) is 0 Å². The lowest BCUT2D eigenvalue weighted by Crippen LogP contribution is -2.57. The molecule has 0 heterocycles. The minimum Gasteiger partial charge on any atom is -0.481 e. The minimum absolute atomic E-state index is 0.172. The number of allylic oxidation sites excluding steroid dienone is 2. The molecule has 0 radical (unpaired) electrons. The number of aliphatic carboxylic acids is 1. The van der Waals surface area contributed by atoms with E-state index in [1.807, 2.05) is 0 Å². The van der Waals surface area contributed by atoms with Gasteiger partial charge in [-0.25, -0.2) is 0 Å². The predicted molar refractivity (Wildman–Crippen MR) is 84.2 cm³/mol. The van der Waals surface area contributed by atoms with Gasteiger partial charge in [-0.15, -0.1) is 0 Å². The normalized spacial score (nSPS) is 32.5. The summed E-state index contributed by atoms with van der Waals surface area (Å²) in [6.45, 7) is 4.45. The minimum atomic E-state index is -0.625. The first-order valence-corrected chi connectivity index (χ1v) is 8.32. The molecule has 0 aliphatic heterocycles. The first-order chi connectivity index (χ1) is 10.4. The van der Waals surface area contributed by atoms with Crippen molar-refractivity contribution in [3.05, 3.63) is 12.2 Å². The van der Waals surface area contributed by atoms with Gasteiger partial charge in [-0.3, -0.25) is 9.59 Å². The van der Waals surface area contributed by atoms with Crippen LogP contribution in [0.4, 0.5) is 0 Å². The third kappa shape index (κ3) is 3.36. The van der Waals surface area contributed by atoms with Crippen LogP contribution < -0.4 is 0 Å². The molecule has 0 aromatic carbocycles. The van der Waals surface area contributed by atoms with E-state index in [4.69, 9.17) is 0 Å². The summed E-state index contributed by atoms with van der Waals surface area (Å²) in [6.07, 6.45) is 9.23. The Morgan fingerprint density at radius 1 is 1.27 bits per heavy atom. The molecule has 124 valence electrons. The number of rotatable bonds is 7. The van der Waals surface area contributed by atoms with Crippen molar-refractivity contribution < 1.29 is 19.4 Å². The molecule has 3 aliphatic rings. The number of carbonyl (C=O) groups is 2. The maximum absolute atomic E-state index is 11.7. The van der Waals surface area contributed by atoms with Crippen LogP contribution in [0.15, 0.2) is 12.2 Å². The second-order valence-electron chi connectivity index (χ2n) is 7.40. The number of carbonyl (C=O) groups excluding carboxylic acids is 1. The quantitative estimate of drug-likeness (QED) is 0.443. The van der Waals surface area contributed by atoms with Crippen LogP contribution in [0.2, 0.25) is 0 Å². The molecule has 2 bridgehead atoms. The molecule has 22 heavy (non-hydrogen) atoms. The molecule has 3 saturated carbocycles. The lowest BCUT2D eigenvalue weighted by molar-refractivity contribution is -0.175. The predicted octanol–water partition coefficient (Wildman–Crippen LogP) is 3.66. The number of fused-ring (bicyclic) bond motifs is 2. The number of methoxy groups -OCH3 is 1. The van der Waals surface area contributed by atoms with E-state index in [1.54, 1.807) is 0 Å². The van der Waals surface area contributed by atoms with Crippen LogP contribution >= 0.6 is 0 Å². The SMILES string of the molecule is COC(=O)CCCC=CC[C@@H]1C[C@H]2C[C@@H]([C@H]1C(=O)O)C2(C)C. The molecule has 3 rings (SSSR count). The van der Waals surface area contributed by atoms with E-state index in [-0.39, 0.29) is 23.2 Å². The highest BCUT2D eigenvalue weighted by Gasteiger charge is 2.59. The van der Waals surface area contributed by atoms with Gasteiger partial charge in [-0.05, 0) is 55.3 Å². The number of ether oxygens (including phenoxy) is 1. The Bertz CT molecular complexity index is 452. The fourth-order valence-corrected chi connectivity index (χ4v) is 4.38. The average molecular weight is 308 g/mol. The largest absolute Gasteiger partial charge is 0.481 e. The summed E-state index contributed by atoms with van der Waals surface area (Å²) < 4.78 is 4.60. The van der Waals surface area contributed by atoms with Crippen molar-refractivity contribution in [2.75, 3.05) is 7.11 Å². The van der Waals surface area contributed by atoms with Crippen LogP contribution in [-0.2, 0) is 14.3 Å². The topological polar surface area (TPSA) is 63.6 Å². The van der Waals surface area contributed by atoms with Crippen LogP contribution in [0.25, 0.3) is 0 Å². The lowest BCUT2D eigenvalue weighted by atomic mass is 9.43. The summed E-state index contributed by atoms with van der Waals surface area (Å²) in [5, 5.41) is 9.59. The van der Waals surface area contributed by atoms with E-state index in [1.165, 1.54) is 7.11 Å². The van der Waals surface area contributed by atoms with Gasteiger partial charge >= 0.3 is 11.9 Å². The van der Waals surface area contributed by atoms with Crippen molar-refractivity contribution in [1.82, 2.24) is 0 Å². The first kappa shape index (κ1) is 17.0. The van der Waals surface area contributed by atoms with Crippen LogP contribution in [0, 0.1) is 29.1 Å². The first-order valence-electron chi connectivity index (χ1n) is 8.32. The number of carboxylic acid groups (broad SMARTS) is 1. The fourth-order valence-electron chi connectivity index (χ4n) is 4.38. The van der Waals surface area contributed by atoms with Crippen LogP contribution in [0.5, 0.6) is 0 Å². The summed E-state index contributed by atoms with van der Waals surface area (Å²) >= 11 is 0. The van der Waals surface area contributed by atoms with Crippen molar-refractivity contribution in [2.24, 2.45) is 29.1 Å². The van der Waals surface area contributed by atoms with Gasteiger partial charge in [-0.1, -0.05) is 26.0 Å². The molecule has 1 N–H and O–H groups in total. The van der Waals surface area contributed by atoms with Crippen molar-refractivity contribution in [2.45, 2.75) is 52.4 Å². The van der Waals surface area contributed by atoms with E-state index in [0.717, 1.165) is 32.1 Å². The Labute approximate surface area is 132 Å². The van der Waals surface area contributed by atoms with Gasteiger partial charge in [0.1, 0.15) is 0 Å². The molecule has 0 saturated heterocycles. The third-order valence-corrected chi connectivity index (χ3v) is 5.94. The molecular weight excluding hydrogens is 280 g/mol. The van der Waals surface area contributed by atoms with Crippen molar-refractivity contribution in [1.29, 1.82) is 0 Å². The maximum atomic E-state index is 11.7. The van der Waals surface area contributed by atoms with E-state index in [2.05, 4.69) is 30.7 Å². The number of hydrogen-bond acceptors (Lipinski definition) is 3. The lowest BCUT2D eigenvalue weighted by Gasteiger charge is -2.61. The Balaban J connectivity index is 1.80. The van der Waals surface area contributed by atoms with E-state index in [9.17, 15) is 14.7 Å². The van der Waals surface area contributed by atoms with E-state index in [0.29, 0.717) is 18.3 Å². The molecule has 4 nitrogen and oxygen atoms in total. The molecule has 0 aromatic rings. The number of esters is 1. The summed E-state index contributed by atoms with van der Waals surface area (Å²) in [4.78, 5) is 22.7. The number of carboxylic acids is 1. The Morgan fingerprint density at radius 2 is 2.00 bits per heavy atom. The summed E-state index contributed by atoms with van der Waals surface area (Å²) in [5.74, 6) is 0.299. The third-order valence-electron chi connectivity index (χ3n) is 5.94. The van der Waals surface area contributed by atoms with Crippen molar-refractivity contribution in [3.63, 3.8) is 0 Å². The van der Waals surface area contributed by atoms with E-state index < -0.39 is 5.97 Å². The van der Waals surface area contributed by atoms with Crippen molar-refractivity contribution >= 4 is 11.9 Å². The molecule has 4 atom stereocenters. The van der Waals surface area contributed by atoms with Gasteiger partial charge < -0.3 is 9.84 Å². The standard InChI is InChI=1S/C18H28O4/c1-18(2)13-10-12(16(17(20)21)14(18)11-13)8-6-4-5-7-9-15(19)22-3/h4,6,12-14,16H,5,7-11H2,1-3H3,(H,20,21)/t12-,13+,14+,16+/m1/s1. The van der Waals surface area contributed by atoms with Gasteiger partial charge in [-0.2, -0.15) is 0 Å². The van der Waals surface area contributed by atoms with Gasteiger partial charge in [0.2, 0.25) is 0 Å². The second-order valence-corrected chi connectivity index (χ2v) is 7.40. The zero-order valence-corrected chi connectivity index (χ0v) is 13.9. The number of unbranched alkanes of at least 4 members (excludes halogenated alkanes) is 1. The average Bonchev–Trinajstić information content (AvgIpc) is 2.49. The van der Waals surface area contributed by atoms with Gasteiger partial charge in [0.25, 0.3) is 0 Å². The molecule has 3 fully saturated rings. The highest BCUT2D eigenvalue weighted by Crippen LogP contribution is 2.63. The van der Waals surface area contributed by atoms with Gasteiger partial charge in [0.15, 0.2) is 0 Å². The smallest absolute Gasteiger partial charge is 0.307 e. The molecule has 0 spiro atoms. The summed E-state index contributed by atoms with van der Waals surface area (Å²) in [6, 6.07) is 0. The molecular formula is C18H28O4. The van der Waals surface area contributed by atoms with Crippen LogP contribution in [-0.4, -0.2) is 24.2 Å². The summed E-state index contributed by atoms with van der Waals surface area (Å²) in [5.41, 5.74) is 0.198. The van der Waals surface area contributed by atoms with Gasteiger partial charge in [0, 0.05) is 6.42 Å². The highest BCUT2D eigenvalue weighted by atomic mass is 16.5. The van der Waals surface area contributed by atoms with Gasteiger partial charge in [0.05, 0.1) is 13.0 Å². The molecule has 0 amide bonds.